The molecule has 1 aromatic carbocycles. The summed E-state index contributed by atoms with van der Waals surface area (Å²) in [6, 6.07) is 8.66. The number of hydrogen-bond acceptors (Lipinski definition) is 2. The molecule has 0 amide bonds. The summed E-state index contributed by atoms with van der Waals surface area (Å²) in [6.45, 7) is 9.75. The molecule has 0 bridgehead atoms. The van der Waals surface area contributed by atoms with Gasteiger partial charge in [-0.25, -0.2) is 0 Å². The molecular weight excluding hydrogens is 208 g/mol. The number of rotatable bonds is 4. The van der Waals surface area contributed by atoms with Gasteiger partial charge in [-0.2, -0.15) is 5.26 Å². The molecule has 0 aliphatic heterocycles. The van der Waals surface area contributed by atoms with Crippen molar-refractivity contribution in [1.29, 1.82) is 5.26 Å². The summed E-state index contributed by atoms with van der Waals surface area (Å²) in [5.41, 5.74) is 3.25. The zero-order valence-electron chi connectivity index (χ0n) is 11.5. The Morgan fingerprint density at radius 3 is 2.41 bits per heavy atom. The Bertz CT molecular complexity index is 415. The van der Waals surface area contributed by atoms with Gasteiger partial charge in [0.2, 0.25) is 0 Å². The van der Waals surface area contributed by atoms with Gasteiger partial charge in [-0.05, 0) is 50.1 Å². The molecule has 92 valence electrons. The minimum Gasteiger partial charge on any atom is -0.299 e. The van der Waals surface area contributed by atoms with Crippen LogP contribution in [0.5, 0.6) is 0 Å². The second-order valence-corrected chi connectivity index (χ2v) is 5.15. The van der Waals surface area contributed by atoms with Crippen molar-refractivity contribution in [2.75, 3.05) is 7.05 Å². The summed E-state index contributed by atoms with van der Waals surface area (Å²) in [5.74, 6) is 0.652. The van der Waals surface area contributed by atoms with Gasteiger partial charge in [0.25, 0.3) is 0 Å². The van der Waals surface area contributed by atoms with Gasteiger partial charge in [-0.1, -0.05) is 19.9 Å². The van der Waals surface area contributed by atoms with Crippen LogP contribution >= 0.6 is 0 Å². The second-order valence-electron chi connectivity index (χ2n) is 5.15. The van der Waals surface area contributed by atoms with Crippen molar-refractivity contribution in [3.05, 3.63) is 34.9 Å². The molecule has 1 atom stereocenters. The highest BCUT2D eigenvalue weighted by Gasteiger charge is 2.13. The minimum atomic E-state index is 0.560. The van der Waals surface area contributed by atoms with Crippen LogP contribution in [0, 0.1) is 24.2 Å². The van der Waals surface area contributed by atoms with Crippen LogP contribution in [0.25, 0.3) is 0 Å². The van der Waals surface area contributed by atoms with Gasteiger partial charge in [0.1, 0.15) is 0 Å². The zero-order chi connectivity index (χ0) is 13.0. The molecule has 1 aromatic rings. The molecule has 1 unspecified atom stereocenters. The first-order chi connectivity index (χ1) is 7.95. The molecule has 0 aliphatic carbocycles. The van der Waals surface area contributed by atoms with E-state index in [2.05, 4.69) is 51.8 Å². The Labute approximate surface area is 105 Å². The van der Waals surface area contributed by atoms with Crippen LogP contribution in [0.1, 0.15) is 37.5 Å². The molecule has 0 spiro atoms. The van der Waals surface area contributed by atoms with Crippen LogP contribution in [0.2, 0.25) is 0 Å². The summed E-state index contributed by atoms with van der Waals surface area (Å²) >= 11 is 0. The molecule has 0 fully saturated rings. The van der Waals surface area contributed by atoms with E-state index in [0.29, 0.717) is 12.0 Å². The largest absolute Gasteiger partial charge is 0.299 e. The van der Waals surface area contributed by atoms with Gasteiger partial charge in [-0.15, -0.1) is 0 Å². The van der Waals surface area contributed by atoms with E-state index in [1.165, 1.54) is 11.1 Å². The molecular formula is C15H22N2. The normalized spacial score (nSPS) is 12.8. The molecule has 2 nitrogen and oxygen atoms in total. The van der Waals surface area contributed by atoms with Crippen molar-refractivity contribution in [3.63, 3.8) is 0 Å². The first-order valence-electron chi connectivity index (χ1n) is 6.15. The fourth-order valence-electron chi connectivity index (χ4n) is 1.86. The molecule has 0 saturated carbocycles. The van der Waals surface area contributed by atoms with Gasteiger partial charge in [-0.3, -0.25) is 4.90 Å². The maximum atomic E-state index is 8.84. The van der Waals surface area contributed by atoms with Crippen LogP contribution in [0.15, 0.2) is 18.2 Å². The van der Waals surface area contributed by atoms with Crippen LogP contribution in [0.3, 0.4) is 0 Å². The zero-order valence-corrected chi connectivity index (χ0v) is 11.5. The fourth-order valence-corrected chi connectivity index (χ4v) is 1.86. The number of nitriles is 1. The third kappa shape index (κ3) is 3.57. The highest BCUT2D eigenvalue weighted by atomic mass is 15.1. The lowest BCUT2D eigenvalue weighted by Gasteiger charge is -2.28. The lowest BCUT2D eigenvalue weighted by Crippen LogP contribution is -2.32. The average Bonchev–Trinajstić information content (AvgIpc) is 2.30. The van der Waals surface area contributed by atoms with E-state index in [9.17, 15) is 0 Å². The van der Waals surface area contributed by atoms with Crippen LogP contribution in [0.4, 0.5) is 0 Å². The molecule has 0 heterocycles. The SMILES string of the molecule is Cc1cc(C#N)ccc1CN(C)C(C)C(C)C. The van der Waals surface area contributed by atoms with Crippen molar-refractivity contribution in [3.8, 4) is 6.07 Å². The number of hydrogen-bond donors (Lipinski definition) is 0. The van der Waals surface area contributed by atoms with E-state index >= 15 is 0 Å². The monoisotopic (exact) mass is 230 g/mol. The molecule has 0 radical (unpaired) electrons. The van der Waals surface area contributed by atoms with Crippen molar-refractivity contribution in [1.82, 2.24) is 4.90 Å². The number of aryl methyl sites for hydroxylation is 1. The van der Waals surface area contributed by atoms with E-state index in [1.54, 1.807) is 0 Å². The van der Waals surface area contributed by atoms with Gasteiger partial charge < -0.3 is 0 Å². The van der Waals surface area contributed by atoms with Gasteiger partial charge in [0.05, 0.1) is 11.6 Å². The van der Waals surface area contributed by atoms with E-state index in [0.717, 1.165) is 12.1 Å². The van der Waals surface area contributed by atoms with Crippen LogP contribution in [-0.4, -0.2) is 18.0 Å². The quantitative estimate of drug-likeness (QED) is 0.793. The van der Waals surface area contributed by atoms with Crippen molar-refractivity contribution in [2.45, 2.75) is 40.3 Å². The summed E-state index contributed by atoms with van der Waals surface area (Å²) < 4.78 is 0. The molecule has 0 aromatic heterocycles. The smallest absolute Gasteiger partial charge is 0.0991 e. The van der Waals surface area contributed by atoms with Crippen molar-refractivity contribution in [2.24, 2.45) is 5.92 Å². The molecule has 0 N–H and O–H groups in total. The third-order valence-corrected chi connectivity index (χ3v) is 3.55. The minimum absolute atomic E-state index is 0.560. The maximum absolute atomic E-state index is 8.84. The van der Waals surface area contributed by atoms with Gasteiger partial charge >= 0.3 is 0 Å². The second kappa shape index (κ2) is 5.84. The third-order valence-electron chi connectivity index (χ3n) is 3.55. The lowest BCUT2D eigenvalue weighted by atomic mass is 10.0. The molecule has 17 heavy (non-hydrogen) atoms. The Morgan fingerprint density at radius 1 is 1.29 bits per heavy atom. The standard InChI is InChI=1S/C15H22N2/c1-11(2)13(4)17(5)10-15-7-6-14(9-16)8-12(15)3/h6-8,11,13H,10H2,1-5H3. The Kier molecular flexibility index (Phi) is 4.72. The summed E-state index contributed by atoms with van der Waals surface area (Å²) in [7, 11) is 2.16. The van der Waals surface area contributed by atoms with E-state index in [-0.39, 0.29) is 0 Å². The van der Waals surface area contributed by atoms with E-state index in [1.807, 2.05) is 12.1 Å². The molecule has 1 rings (SSSR count). The number of nitrogens with zero attached hydrogens (tertiary/aromatic N) is 2. The average molecular weight is 230 g/mol. The molecule has 0 saturated heterocycles. The lowest BCUT2D eigenvalue weighted by molar-refractivity contribution is 0.200. The van der Waals surface area contributed by atoms with Crippen LogP contribution < -0.4 is 0 Å². The van der Waals surface area contributed by atoms with Crippen molar-refractivity contribution < 1.29 is 0 Å². The van der Waals surface area contributed by atoms with Crippen molar-refractivity contribution >= 4 is 0 Å². The summed E-state index contributed by atoms with van der Waals surface area (Å²) in [6.07, 6.45) is 0. The Morgan fingerprint density at radius 2 is 1.94 bits per heavy atom. The van der Waals surface area contributed by atoms with E-state index in [4.69, 9.17) is 5.26 Å². The van der Waals surface area contributed by atoms with Gasteiger partial charge in [0.15, 0.2) is 0 Å². The van der Waals surface area contributed by atoms with E-state index < -0.39 is 0 Å². The highest BCUT2D eigenvalue weighted by molar-refractivity contribution is 5.37. The molecule has 0 aliphatic rings. The predicted octanol–water partition coefficient (Wildman–Crippen LogP) is 3.34. The fraction of sp³-hybridized carbons (Fsp3) is 0.533. The summed E-state index contributed by atoms with van der Waals surface area (Å²) in [4.78, 5) is 2.36. The van der Waals surface area contributed by atoms with Crippen LogP contribution in [-0.2, 0) is 6.54 Å². The predicted molar refractivity (Wildman–Crippen MR) is 71.7 cm³/mol. The maximum Gasteiger partial charge on any atom is 0.0991 e. The Balaban J connectivity index is 2.79. The first kappa shape index (κ1) is 13.7. The molecule has 2 heteroatoms. The Hall–Kier alpha value is -1.33. The van der Waals surface area contributed by atoms with Gasteiger partial charge in [0, 0.05) is 12.6 Å². The highest BCUT2D eigenvalue weighted by Crippen LogP contribution is 2.16. The first-order valence-corrected chi connectivity index (χ1v) is 6.15. The number of benzene rings is 1. The summed E-state index contributed by atoms with van der Waals surface area (Å²) in [5, 5.41) is 8.84. The topological polar surface area (TPSA) is 27.0 Å².